The topological polar surface area (TPSA) is 83.7 Å². The zero-order valence-electron chi connectivity index (χ0n) is 15.2. The van der Waals surface area contributed by atoms with E-state index in [2.05, 4.69) is 32.2 Å². The molecule has 0 radical (unpaired) electrons. The van der Waals surface area contributed by atoms with E-state index >= 15 is 0 Å². The largest absolute Gasteiger partial charge is 0.379 e. The monoisotopic (exact) mass is 351 g/mol. The number of rotatable bonds is 7. The van der Waals surface area contributed by atoms with E-state index in [0.717, 1.165) is 58.8 Å². The molecule has 2 atom stereocenters. The fraction of sp³-hybridized carbons (Fsp3) is 0.824. The van der Waals surface area contributed by atoms with E-state index in [4.69, 9.17) is 9.26 Å². The SMILES string of the molecule is CCC[C@H]1CN(c2noc(C)n2)C[C@@H]1NC(=O)CCN1CCOCC1. The molecular formula is C17H29N5O3. The van der Waals surface area contributed by atoms with Crippen LogP contribution in [0.2, 0.25) is 0 Å². The number of ether oxygens (including phenoxy) is 1. The van der Waals surface area contributed by atoms with Crippen LogP contribution >= 0.6 is 0 Å². The molecule has 0 bridgehead atoms. The number of carbonyl (C=O) groups is 1. The summed E-state index contributed by atoms with van der Waals surface area (Å²) >= 11 is 0. The van der Waals surface area contributed by atoms with Crippen LogP contribution in [0.3, 0.4) is 0 Å². The molecule has 2 fully saturated rings. The maximum Gasteiger partial charge on any atom is 0.266 e. The van der Waals surface area contributed by atoms with E-state index in [1.165, 1.54) is 0 Å². The van der Waals surface area contributed by atoms with Gasteiger partial charge in [-0.2, -0.15) is 4.98 Å². The third kappa shape index (κ3) is 4.92. The van der Waals surface area contributed by atoms with Crippen molar-refractivity contribution in [3.8, 4) is 0 Å². The van der Waals surface area contributed by atoms with Crippen molar-refractivity contribution in [3.63, 3.8) is 0 Å². The molecule has 0 saturated carbocycles. The maximum absolute atomic E-state index is 12.4. The van der Waals surface area contributed by atoms with Crippen LogP contribution in [0.15, 0.2) is 4.52 Å². The van der Waals surface area contributed by atoms with Crippen molar-refractivity contribution < 1.29 is 14.1 Å². The highest BCUT2D eigenvalue weighted by Gasteiger charge is 2.35. The molecule has 2 aliphatic heterocycles. The van der Waals surface area contributed by atoms with Gasteiger partial charge in [0.15, 0.2) is 0 Å². The van der Waals surface area contributed by atoms with Crippen LogP contribution in [0.4, 0.5) is 5.95 Å². The van der Waals surface area contributed by atoms with Crippen molar-refractivity contribution in [2.75, 3.05) is 50.8 Å². The predicted molar refractivity (Wildman–Crippen MR) is 93.5 cm³/mol. The first kappa shape index (κ1) is 18.1. The lowest BCUT2D eigenvalue weighted by molar-refractivity contribution is -0.122. The molecule has 1 aromatic heterocycles. The highest BCUT2D eigenvalue weighted by Crippen LogP contribution is 2.25. The van der Waals surface area contributed by atoms with E-state index in [9.17, 15) is 4.79 Å². The van der Waals surface area contributed by atoms with Crippen LogP contribution in [0.25, 0.3) is 0 Å². The van der Waals surface area contributed by atoms with Gasteiger partial charge >= 0.3 is 0 Å². The molecule has 25 heavy (non-hydrogen) atoms. The number of amides is 1. The molecule has 3 heterocycles. The quantitative estimate of drug-likeness (QED) is 0.778. The van der Waals surface area contributed by atoms with E-state index in [-0.39, 0.29) is 11.9 Å². The Kier molecular flexibility index (Phi) is 6.25. The summed E-state index contributed by atoms with van der Waals surface area (Å²) < 4.78 is 10.4. The number of hydrogen-bond donors (Lipinski definition) is 1. The number of morpholine rings is 1. The van der Waals surface area contributed by atoms with Crippen LogP contribution in [0.1, 0.15) is 32.1 Å². The minimum Gasteiger partial charge on any atom is -0.379 e. The number of nitrogens with one attached hydrogen (secondary N) is 1. The normalized spacial score (nSPS) is 24.6. The zero-order valence-corrected chi connectivity index (χ0v) is 15.2. The summed E-state index contributed by atoms with van der Waals surface area (Å²) in [5, 5.41) is 7.25. The van der Waals surface area contributed by atoms with Crippen molar-refractivity contribution in [3.05, 3.63) is 5.89 Å². The summed E-state index contributed by atoms with van der Waals surface area (Å²) in [5.41, 5.74) is 0. The van der Waals surface area contributed by atoms with Crippen molar-refractivity contribution >= 4 is 11.9 Å². The second-order valence-corrected chi connectivity index (χ2v) is 6.95. The molecule has 0 aliphatic carbocycles. The van der Waals surface area contributed by atoms with Crippen molar-refractivity contribution in [2.24, 2.45) is 5.92 Å². The van der Waals surface area contributed by atoms with E-state index in [1.54, 1.807) is 6.92 Å². The first-order valence-corrected chi connectivity index (χ1v) is 9.30. The molecule has 0 unspecified atom stereocenters. The minimum atomic E-state index is 0.128. The zero-order chi connectivity index (χ0) is 17.6. The molecule has 3 rings (SSSR count). The summed E-state index contributed by atoms with van der Waals surface area (Å²) in [4.78, 5) is 21.1. The van der Waals surface area contributed by atoms with E-state index in [0.29, 0.717) is 24.2 Å². The smallest absolute Gasteiger partial charge is 0.266 e. The number of carbonyl (C=O) groups excluding carboxylic acids is 1. The lowest BCUT2D eigenvalue weighted by Crippen LogP contribution is -2.43. The first-order valence-electron chi connectivity index (χ1n) is 9.30. The highest BCUT2D eigenvalue weighted by molar-refractivity contribution is 5.76. The lowest BCUT2D eigenvalue weighted by atomic mass is 9.98. The first-order chi connectivity index (χ1) is 12.2. The van der Waals surface area contributed by atoms with Crippen molar-refractivity contribution in [1.82, 2.24) is 20.4 Å². The average molecular weight is 351 g/mol. The number of nitrogens with zero attached hydrogens (tertiary/aromatic N) is 4. The third-order valence-corrected chi connectivity index (χ3v) is 5.01. The van der Waals surface area contributed by atoms with Gasteiger partial charge in [-0.25, -0.2) is 0 Å². The van der Waals surface area contributed by atoms with Crippen LogP contribution in [-0.2, 0) is 9.53 Å². The Hall–Kier alpha value is -1.67. The van der Waals surface area contributed by atoms with Crippen molar-refractivity contribution in [2.45, 2.75) is 39.2 Å². The Labute approximate surface area is 148 Å². The van der Waals surface area contributed by atoms with Gasteiger partial charge in [-0.3, -0.25) is 9.69 Å². The van der Waals surface area contributed by atoms with Crippen LogP contribution in [0, 0.1) is 12.8 Å². The number of aryl methyl sites for hydroxylation is 1. The van der Waals surface area contributed by atoms with Gasteiger partial charge < -0.3 is 19.5 Å². The molecule has 140 valence electrons. The maximum atomic E-state index is 12.4. The Balaban J connectivity index is 1.50. The van der Waals surface area contributed by atoms with Gasteiger partial charge in [0.2, 0.25) is 11.8 Å². The summed E-state index contributed by atoms with van der Waals surface area (Å²) in [6.07, 6.45) is 2.72. The van der Waals surface area contributed by atoms with Gasteiger partial charge in [0.25, 0.3) is 5.95 Å². The molecular weight excluding hydrogens is 322 g/mol. The van der Waals surface area contributed by atoms with E-state index in [1.807, 2.05) is 0 Å². The van der Waals surface area contributed by atoms with Gasteiger partial charge in [-0.15, -0.1) is 0 Å². The highest BCUT2D eigenvalue weighted by atomic mass is 16.5. The Morgan fingerprint density at radius 1 is 1.32 bits per heavy atom. The van der Waals surface area contributed by atoms with Gasteiger partial charge in [0.05, 0.1) is 19.3 Å². The Morgan fingerprint density at radius 3 is 2.80 bits per heavy atom. The number of anilines is 1. The molecule has 1 N–H and O–H groups in total. The third-order valence-electron chi connectivity index (χ3n) is 5.01. The molecule has 0 spiro atoms. The van der Waals surface area contributed by atoms with Crippen LogP contribution in [0.5, 0.6) is 0 Å². The lowest BCUT2D eigenvalue weighted by Gasteiger charge is -2.26. The summed E-state index contributed by atoms with van der Waals surface area (Å²) in [6.45, 7) is 9.74. The number of hydrogen-bond acceptors (Lipinski definition) is 7. The molecule has 1 amide bonds. The van der Waals surface area contributed by atoms with Gasteiger partial charge in [0.1, 0.15) is 0 Å². The van der Waals surface area contributed by atoms with E-state index < -0.39 is 0 Å². The fourth-order valence-electron chi connectivity index (χ4n) is 3.64. The average Bonchev–Trinajstić information content (AvgIpc) is 3.21. The van der Waals surface area contributed by atoms with Gasteiger partial charge in [0, 0.05) is 46.1 Å². The van der Waals surface area contributed by atoms with Gasteiger partial charge in [-0.1, -0.05) is 13.3 Å². The molecule has 8 nitrogen and oxygen atoms in total. The minimum absolute atomic E-state index is 0.128. The molecule has 0 aromatic carbocycles. The second-order valence-electron chi connectivity index (χ2n) is 6.95. The molecule has 1 aromatic rings. The standard InChI is InChI=1S/C17H29N5O3/c1-3-4-14-11-22(17-18-13(2)25-20-17)12-15(14)19-16(23)5-6-21-7-9-24-10-8-21/h14-15H,3-12H2,1-2H3,(H,19,23)/t14-,15-/m0/s1. The molecule has 2 aliphatic rings. The fourth-order valence-corrected chi connectivity index (χ4v) is 3.64. The summed E-state index contributed by atoms with van der Waals surface area (Å²) in [5.74, 6) is 1.75. The summed E-state index contributed by atoms with van der Waals surface area (Å²) in [6, 6.07) is 0.149. The molecule has 8 heteroatoms. The van der Waals surface area contributed by atoms with Gasteiger partial charge in [-0.05, 0) is 17.5 Å². The predicted octanol–water partition coefficient (Wildman–Crippen LogP) is 0.821. The second kappa shape index (κ2) is 8.62. The van der Waals surface area contributed by atoms with Crippen LogP contribution in [-0.4, -0.2) is 72.9 Å². The summed E-state index contributed by atoms with van der Waals surface area (Å²) in [7, 11) is 0. The Bertz CT molecular complexity index is 558. The van der Waals surface area contributed by atoms with Crippen molar-refractivity contribution in [1.29, 1.82) is 0 Å². The van der Waals surface area contributed by atoms with Crippen LogP contribution < -0.4 is 10.2 Å². The Morgan fingerprint density at radius 2 is 2.12 bits per heavy atom. The molecule has 2 saturated heterocycles. The number of aromatic nitrogens is 2.